The number of Topliss-reactive ketones (excluding diaryl/α,β-unsaturated/α-hetero) is 2. The summed E-state index contributed by atoms with van der Waals surface area (Å²) in [5.41, 5.74) is 3.69. The van der Waals surface area contributed by atoms with Crippen LogP contribution in [0.25, 0.3) is 0 Å². The van der Waals surface area contributed by atoms with Gasteiger partial charge < -0.3 is 0 Å². The van der Waals surface area contributed by atoms with Gasteiger partial charge in [0.15, 0.2) is 5.78 Å². The van der Waals surface area contributed by atoms with E-state index in [9.17, 15) is 9.59 Å². The summed E-state index contributed by atoms with van der Waals surface area (Å²) >= 11 is 0. The van der Waals surface area contributed by atoms with Gasteiger partial charge in [0, 0.05) is 24.1 Å². The molecule has 0 heterocycles. The molecule has 27 heavy (non-hydrogen) atoms. The second-order valence-electron chi connectivity index (χ2n) is 8.49. The van der Waals surface area contributed by atoms with Crippen molar-refractivity contribution in [2.45, 2.75) is 78.6 Å². The summed E-state index contributed by atoms with van der Waals surface area (Å²) < 4.78 is 0. The number of benzene rings is 1. The number of hydrogen-bond acceptors (Lipinski definition) is 3. The van der Waals surface area contributed by atoms with Crippen LogP contribution in [0.15, 0.2) is 23.2 Å². The molecule has 0 aromatic heterocycles. The van der Waals surface area contributed by atoms with Crippen LogP contribution in [0.3, 0.4) is 0 Å². The third-order valence-corrected chi connectivity index (χ3v) is 6.68. The molecule has 2 unspecified atom stereocenters. The minimum Gasteiger partial charge on any atom is -0.299 e. The van der Waals surface area contributed by atoms with E-state index in [1.54, 1.807) is 0 Å². The van der Waals surface area contributed by atoms with Gasteiger partial charge in [-0.05, 0) is 48.9 Å². The molecule has 2 aliphatic carbocycles. The SMILES string of the molecule is CCC(CC(=O)c1ccc(N=C2CCC(=O)C2C)c(C)c1)C1CCCCC1. The maximum atomic E-state index is 12.9. The van der Waals surface area contributed by atoms with Crippen LogP contribution < -0.4 is 0 Å². The maximum Gasteiger partial charge on any atom is 0.163 e. The van der Waals surface area contributed by atoms with E-state index < -0.39 is 0 Å². The normalized spacial score (nSPS) is 23.7. The summed E-state index contributed by atoms with van der Waals surface area (Å²) in [6.07, 6.45) is 9.71. The Morgan fingerprint density at radius 1 is 1.19 bits per heavy atom. The van der Waals surface area contributed by atoms with Gasteiger partial charge in [0.1, 0.15) is 5.78 Å². The number of aryl methyl sites for hydroxylation is 1. The number of aliphatic imine (C=N–C) groups is 1. The van der Waals surface area contributed by atoms with Crippen LogP contribution in [0.2, 0.25) is 0 Å². The third-order valence-electron chi connectivity index (χ3n) is 6.68. The summed E-state index contributed by atoms with van der Waals surface area (Å²) in [5, 5.41) is 0. The van der Waals surface area contributed by atoms with Crippen molar-refractivity contribution in [2.24, 2.45) is 22.7 Å². The Kier molecular flexibility index (Phi) is 6.62. The van der Waals surface area contributed by atoms with Crippen molar-refractivity contribution in [1.82, 2.24) is 0 Å². The number of carbonyl (C=O) groups is 2. The number of nitrogens with zero attached hydrogens (tertiary/aromatic N) is 1. The second kappa shape index (κ2) is 8.95. The van der Waals surface area contributed by atoms with E-state index in [-0.39, 0.29) is 17.5 Å². The van der Waals surface area contributed by atoms with E-state index in [2.05, 4.69) is 6.92 Å². The number of hydrogen-bond donors (Lipinski definition) is 0. The molecule has 1 aromatic rings. The van der Waals surface area contributed by atoms with Crippen molar-refractivity contribution >= 4 is 23.0 Å². The minimum absolute atomic E-state index is 0.0634. The Morgan fingerprint density at radius 3 is 2.52 bits per heavy atom. The summed E-state index contributed by atoms with van der Waals surface area (Å²) in [6.45, 7) is 6.18. The lowest BCUT2D eigenvalue weighted by Gasteiger charge is -2.29. The number of rotatable bonds is 6. The van der Waals surface area contributed by atoms with E-state index in [1.807, 2.05) is 32.0 Å². The highest BCUT2D eigenvalue weighted by atomic mass is 16.1. The standard InChI is InChI=1S/C24H33NO2/c1-4-18(19-8-6-5-7-9-19)15-24(27)20-10-11-21(16(2)14-20)25-22-12-13-23(26)17(22)3/h10-11,14,17-19H,4-9,12-13,15H2,1-3H3. The van der Waals surface area contributed by atoms with Crippen molar-refractivity contribution in [2.75, 3.05) is 0 Å². The zero-order valence-electron chi connectivity index (χ0n) is 17.1. The second-order valence-corrected chi connectivity index (χ2v) is 8.49. The highest BCUT2D eigenvalue weighted by molar-refractivity contribution is 6.11. The van der Waals surface area contributed by atoms with Crippen LogP contribution in [0.5, 0.6) is 0 Å². The van der Waals surface area contributed by atoms with E-state index in [1.165, 1.54) is 32.1 Å². The monoisotopic (exact) mass is 367 g/mol. The molecule has 0 aliphatic heterocycles. The first-order valence-corrected chi connectivity index (χ1v) is 10.7. The van der Waals surface area contributed by atoms with Crippen molar-refractivity contribution in [3.05, 3.63) is 29.3 Å². The largest absolute Gasteiger partial charge is 0.299 e. The number of carbonyl (C=O) groups excluding carboxylic acids is 2. The topological polar surface area (TPSA) is 46.5 Å². The Labute approximate surface area is 163 Å². The molecule has 2 saturated carbocycles. The molecule has 0 radical (unpaired) electrons. The molecule has 2 fully saturated rings. The molecule has 0 N–H and O–H groups in total. The van der Waals surface area contributed by atoms with Crippen molar-refractivity contribution in [3.8, 4) is 0 Å². The highest BCUT2D eigenvalue weighted by Gasteiger charge is 2.27. The molecule has 2 aliphatic rings. The van der Waals surface area contributed by atoms with Gasteiger partial charge in [-0.3, -0.25) is 14.6 Å². The van der Waals surface area contributed by atoms with Gasteiger partial charge in [-0.1, -0.05) is 52.4 Å². The molecule has 0 amide bonds. The van der Waals surface area contributed by atoms with Crippen LogP contribution in [-0.2, 0) is 4.79 Å². The summed E-state index contributed by atoms with van der Waals surface area (Å²) in [5.74, 6) is 1.72. The molecule has 0 saturated heterocycles. The predicted molar refractivity (Wildman–Crippen MR) is 111 cm³/mol. The molecule has 146 valence electrons. The maximum absolute atomic E-state index is 12.9. The van der Waals surface area contributed by atoms with Gasteiger partial charge in [-0.2, -0.15) is 0 Å². The average molecular weight is 368 g/mol. The molecule has 3 heteroatoms. The van der Waals surface area contributed by atoms with Crippen LogP contribution >= 0.6 is 0 Å². The van der Waals surface area contributed by atoms with E-state index in [0.29, 0.717) is 18.8 Å². The van der Waals surface area contributed by atoms with E-state index >= 15 is 0 Å². The molecule has 3 rings (SSSR count). The smallest absolute Gasteiger partial charge is 0.163 e. The van der Waals surface area contributed by atoms with Crippen LogP contribution in [0, 0.1) is 24.7 Å². The first-order chi connectivity index (χ1) is 13.0. The fourth-order valence-corrected chi connectivity index (χ4v) is 4.74. The van der Waals surface area contributed by atoms with Crippen molar-refractivity contribution in [3.63, 3.8) is 0 Å². The zero-order valence-corrected chi connectivity index (χ0v) is 17.1. The minimum atomic E-state index is -0.0634. The Hall–Kier alpha value is -1.77. The molecular weight excluding hydrogens is 334 g/mol. The molecular formula is C24H33NO2. The van der Waals surface area contributed by atoms with Gasteiger partial charge in [0.2, 0.25) is 0 Å². The van der Waals surface area contributed by atoms with Gasteiger partial charge >= 0.3 is 0 Å². The van der Waals surface area contributed by atoms with E-state index in [4.69, 9.17) is 4.99 Å². The Morgan fingerprint density at radius 2 is 1.93 bits per heavy atom. The lowest BCUT2D eigenvalue weighted by atomic mass is 9.76. The van der Waals surface area contributed by atoms with Crippen LogP contribution in [0.1, 0.15) is 87.6 Å². The van der Waals surface area contributed by atoms with E-state index in [0.717, 1.165) is 41.3 Å². The third kappa shape index (κ3) is 4.75. The van der Waals surface area contributed by atoms with Crippen LogP contribution in [-0.4, -0.2) is 17.3 Å². The fraction of sp³-hybridized carbons (Fsp3) is 0.625. The summed E-state index contributed by atoms with van der Waals surface area (Å²) in [6, 6.07) is 5.85. The summed E-state index contributed by atoms with van der Waals surface area (Å²) in [4.78, 5) is 29.3. The Balaban J connectivity index is 1.70. The van der Waals surface area contributed by atoms with Crippen molar-refractivity contribution < 1.29 is 9.59 Å². The Bertz CT molecular complexity index is 728. The van der Waals surface area contributed by atoms with Gasteiger partial charge in [0.25, 0.3) is 0 Å². The van der Waals surface area contributed by atoms with Crippen molar-refractivity contribution in [1.29, 1.82) is 0 Å². The lowest BCUT2D eigenvalue weighted by Crippen LogP contribution is -2.20. The van der Waals surface area contributed by atoms with Gasteiger partial charge in [-0.25, -0.2) is 0 Å². The predicted octanol–water partition coefficient (Wildman–Crippen LogP) is 6.25. The number of ketones is 2. The first-order valence-electron chi connectivity index (χ1n) is 10.7. The quantitative estimate of drug-likeness (QED) is 0.558. The lowest BCUT2D eigenvalue weighted by molar-refractivity contribution is -0.119. The highest BCUT2D eigenvalue weighted by Crippen LogP contribution is 2.34. The zero-order chi connectivity index (χ0) is 19.4. The first kappa shape index (κ1) is 20.0. The fourth-order valence-electron chi connectivity index (χ4n) is 4.74. The average Bonchev–Trinajstić information content (AvgIpc) is 3.00. The molecule has 3 nitrogen and oxygen atoms in total. The summed E-state index contributed by atoms with van der Waals surface area (Å²) in [7, 11) is 0. The molecule has 1 aromatic carbocycles. The molecule has 0 bridgehead atoms. The molecule has 0 spiro atoms. The molecule has 2 atom stereocenters. The van der Waals surface area contributed by atoms with Gasteiger partial charge in [-0.15, -0.1) is 0 Å². The van der Waals surface area contributed by atoms with Gasteiger partial charge in [0.05, 0.1) is 11.6 Å². The van der Waals surface area contributed by atoms with Crippen LogP contribution in [0.4, 0.5) is 5.69 Å².